The number of hydrogen-bond donors (Lipinski definition) is 0. The first-order chi connectivity index (χ1) is 19.5. The Labute approximate surface area is 240 Å². The lowest BCUT2D eigenvalue weighted by Crippen LogP contribution is -2.42. The molecule has 7 nitrogen and oxygen atoms in total. The average Bonchev–Trinajstić information content (AvgIpc) is 3.30. The molecule has 6 rings (SSSR count). The van der Waals surface area contributed by atoms with E-state index < -0.39 is 0 Å². The van der Waals surface area contributed by atoms with Crippen LogP contribution in [0.25, 0.3) is 0 Å². The molecule has 40 heavy (non-hydrogen) atoms. The zero-order valence-electron chi connectivity index (χ0n) is 24.5. The molecule has 1 aromatic carbocycles. The molecular formula is C33H46N6O. The van der Waals surface area contributed by atoms with Crippen LogP contribution in [0.1, 0.15) is 82.3 Å². The lowest BCUT2D eigenvalue weighted by molar-refractivity contribution is 0.0827. The van der Waals surface area contributed by atoms with Crippen molar-refractivity contribution in [1.29, 1.82) is 5.26 Å². The lowest BCUT2D eigenvalue weighted by Gasteiger charge is -2.39. The van der Waals surface area contributed by atoms with E-state index in [0.717, 1.165) is 68.4 Å². The number of hydrogen-bond acceptors (Lipinski definition) is 7. The van der Waals surface area contributed by atoms with Gasteiger partial charge in [0.2, 0.25) is 5.88 Å². The summed E-state index contributed by atoms with van der Waals surface area (Å²) in [5, 5.41) is 18.4. The Morgan fingerprint density at radius 2 is 1.75 bits per heavy atom. The summed E-state index contributed by atoms with van der Waals surface area (Å²) in [5.74, 6) is 2.55. The van der Waals surface area contributed by atoms with E-state index in [9.17, 15) is 5.26 Å². The molecule has 0 bridgehead atoms. The Hall–Kier alpha value is -2.85. The summed E-state index contributed by atoms with van der Waals surface area (Å²) >= 11 is 0. The third-order valence-electron chi connectivity index (χ3n) is 10.3. The highest BCUT2D eigenvalue weighted by Crippen LogP contribution is 2.45. The summed E-state index contributed by atoms with van der Waals surface area (Å²) in [7, 11) is 0. The molecule has 0 N–H and O–H groups in total. The molecule has 3 aliphatic heterocycles. The molecule has 1 spiro atoms. The van der Waals surface area contributed by atoms with Gasteiger partial charge in [-0.05, 0) is 100.0 Å². The molecular weight excluding hydrogens is 496 g/mol. The van der Waals surface area contributed by atoms with Crippen molar-refractivity contribution >= 4 is 11.5 Å². The normalized spacial score (nSPS) is 24.4. The summed E-state index contributed by atoms with van der Waals surface area (Å²) < 4.78 is 6.26. The molecule has 1 aromatic heterocycles. The van der Waals surface area contributed by atoms with Crippen molar-refractivity contribution in [1.82, 2.24) is 15.1 Å². The van der Waals surface area contributed by atoms with Gasteiger partial charge in [-0.3, -0.25) is 0 Å². The third kappa shape index (κ3) is 6.07. The second kappa shape index (κ2) is 11.9. The summed E-state index contributed by atoms with van der Waals surface area (Å²) in [6.07, 6.45) is 13.1. The van der Waals surface area contributed by atoms with E-state index >= 15 is 0 Å². The summed E-state index contributed by atoms with van der Waals surface area (Å²) in [4.78, 5) is 7.60. The number of piperidine rings is 2. The molecule has 1 saturated carbocycles. The molecule has 2 aromatic rings. The fourth-order valence-electron chi connectivity index (χ4n) is 7.85. The second-order valence-electron chi connectivity index (χ2n) is 13.1. The maximum absolute atomic E-state index is 9.30. The standard InChI is InChI=1S/C33H46N6O/c1-25-20-29(9-8-28(25)22-34)39-24-33(21-26(39)2)14-18-38(19-15-33)31-10-11-32(36-35-31)40-30-12-16-37(17-13-30)23-27-6-4-3-5-7-27/h8-11,20,26-27,30H,3-7,12-19,21,23-24H2,1-2H3. The number of anilines is 2. The minimum atomic E-state index is 0.254. The Morgan fingerprint density at radius 1 is 0.975 bits per heavy atom. The van der Waals surface area contributed by atoms with Crippen LogP contribution in [0.3, 0.4) is 0 Å². The first kappa shape index (κ1) is 27.3. The highest BCUT2D eigenvalue weighted by Gasteiger charge is 2.44. The average molecular weight is 543 g/mol. The summed E-state index contributed by atoms with van der Waals surface area (Å²) in [5.41, 5.74) is 3.43. The smallest absolute Gasteiger partial charge is 0.233 e. The third-order valence-corrected chi connectivity index (χ3v) is 10.3. The van der Waals surface area contributed by atoms with E-state index in [2.05, 4.69) is 56.1 Å². The van der Waals surface area contributed by atoms with Crippen LogP contribution >= 0.6 is 0 Å². The van der Waals surface area contributed by atoms with Gasteiger partial charge in [0.15, 0.2) is 5.82 Å². The molecule has 3 saturated heterocycles. The van der Waals surface area contributed by atoms with Gasteiger partial charge in [-0.25, -0.2) is 0 Å². The number of ether oxygens (including phenoxy) is 1. The minimum Gasteiger partial charge on any atom is -0.473 e. The molecule has 1 unspecified atom stereocenters. The molecule has 1 aliphatic carbocycles. The minimum absolute atomic E-state index is 0.254. The van der Waals surface area contributed by atoms with Gasteiger partial charge in [0, 0.05) is 57.1 Å². The number of nitrogens with zero attached hydrogens (tertiary/aromatic N) is 6. The van der Waals surface area contributed by atoms with Gasteiger partial charge < -0.3 is 19.4 Å². The van der Waals surface area contributed by atoms with E-state index in [-0.39, 0.29) is 6.10 Å². The van der Waals surface area contributed by atoms with E-state index in [0.29, 0.717) is 17.3 Å². The predicted molar refractivity (Wildman–Crippen MR) is 160 cm³/mol. The van der Waals surface area contributed by atoms with Gasteiger partial charge in [-0.2, -0.15) is 5.26 Å². The predicted octanol–water partition coefficient (Wildman–Crippen LogP) is 5.97. The number of aryl methyl sites for hydroxylation is 1. The zero-order valence-corrected chi connectivity index (χ0v) is 24.5. The maximum atomic E-state index is 9.30. The van der Waals surface area contributed by atoms with Crippen LogP contribution in [0.4, 0.5) is 11.5 Å². The first-order valence-corrected chi connectivity index (χ1v) is 15.8. The van der Waals surface area contributed by atoms with Crippen molar-refractivity contribution in [3.63, 3.8) is 0 Å². The van der Waals surface area contributed by atoms with Gasteiger partial charge in [-0.15, -0.1) is 10.2 Å². The van der Waals surface area contributed by atoms with Gasteiger partial charge in [0.25, 0.3) is 0 Å². The van der Waals surface area contributed by atoms with Crippen molar-refractivity contribution in [3.05, 3.63) is 41.5 Å². The molecule has 0 amide bonds. The van der Waals surface area contributed by atoms with Crippen LogP contribution in [0, 0.1) is 29.6 Å². The highest BCUT2D eigenvalue weighted by molar-refractivity contribution is 5.55. The van der Waals surface area contributed by atoms with Gasteiger partial charge in [-0.1, -0.05) is 19.3 Å². The van der Waals surface area contributed by atoms with E-state index in [1.54, 1.807) is 0 Å². The summed E-state index contributed by atoms with van der Waals surface area (Å²) in [6.45, 7) is 11.1. The van der Waals surface area contributed by atoms with Crippen molar-refractivity contribution in [2.45, 2.75) is 90.2 Å². The molecule has 214 valence electrons. The van der Waals surface area contributed by atoms with Crippen LogP contribution in [0.15, 0.2) is 30.3 Å². The number of rotatable bonds is 6. The van der Waals surface area contributed by atoms with Crippen LogP contribution in [-0.2, 0) is 0 Å². The second-order valence-corrected chi connectivity index (χ2v) is 13.1. The molecule has 1 atom stereocenters. The largest absolute Gasteiger partial charge is 0.473 e. The number of likely N-dealkylation sites (tertiary alicyclic amines) is 1. The summed E-state index contributed by atoms with van der Waals surface area (Å²) in [6, 6.07) is 13.2. The van der Waals surface area contributed by atoms with Crippen LogP contribution in [0.5, 0.6) is 5.88 Å². The van der Waals surface area contributed by atoms with E-state index in [4.69, 9.17) is 4.74 Å². The monoisotopic (exact) mass is 542 g/mol. The van der Waals surface area contributed by atoms with Crippen molar-refractivity contribution in [2.24, 2.45) is 11.3 Å². The number of benzene rings is 1. The van der Waals surface area contributed by atoms with Crippen molar-refractivity contribution in [2.75, 3.05) is 49.1 Å². The molecule has 4 aliphatic rings. The Kier molecular flexibility index (Phi) is 8.16. The van der Waals surface area contributed by atoms with E-state index in [1.807, 2.05) is 19.1 Å². The van der Waals surface area contributed by atoms with Crippen LogP contribution in [-0.4, -0.2) is 66.5 Å². The zero-order chi connectivity index (χ0) is 27.5. The lowest BCUT2D eigenvalue weighted by atomic mass is 9.77. The van der Waals surface area contributed by atoms with Crippen LogP contribution in [0.2, 0.25) is 0 Å². The van der Waals surface area contributed by atoms with E-state index in [1.165, 1.54) is 63.6 Å². The SMILES string of the molecule is Cc1cc(N2CC3(CCN(c4ccc(OC5CCN(CC6CCCCC6)CC5)nn4)CC3)CC2C)ccc1C#N. The quantitative estimate of drug-likeness (QED) is 0.446. The van der Waals surface area contributed by atoms with Crippen molar-refractivity contribution < 1.29 is 4.74 Å². The molecule has 4 fully saturated rings. The van der Waals surface area contributed by atoms with Gasteiger partial charge >= 0.3 is 0 Å². The Morgan fingerprint density at radius 3 is 2.42 bits per heavy atom. The highest BCUT2D eigenvalue weighted by atomic mass is 16.5. The number of nitriles is 1. The van der Waals surface area contributed by atoms with Gasteiger partial charge in [0.05, 0.1) is 11.6 Å². The van der Waals surface area contributed by atoms with Gasteiger partial charge in [0.1, 0.15) is 6.10 Å². The number of aromatic nitrogens is 2. The van der Waals surface area contributed by atoms with Crippen molar-refractivity contribution in [3.8, 4) is 11.9 Å². The maximum Gasteiger partial charge on any atom is 0.233 e. The topological polar surface area (TPSA) is 68.5 Å². The molecule has 7 heteroatoms. The fraction of sp³-hybridized carbons (Fsp3) is 0.667. The first-order valence-electron chi connectivity index (χ1n) is 15.8. The Balaban J connectivity index is 0.974. The fourth-order valence-corrected chi connectivity index (χ4v) is 7.85. The molecule has 4 heterocycles. The molecule has 0 radical (unpaired) electrons. The Bertz CT molecular complexity index is 1170. The van der Waals surface area contributed by atoms with Crippen LogP contribution < -0.4 is 14.5 Å².